The molecule has 0 rings (SSSR count). The molecule has 0 fully saturated rings. The van der Waals surface area contributed by atoms with Gasteiger partial charge in [-0.2, -0.15) is 0 Å². The van der Waals surface area contributed by atoms with Gasteiger partial charge in [-0.25, -0.2) is 5.06 Å². The molecule has 0 aromatic heterocycles. The van der Waals surface area contributed by atoms with Crippen molar-refractivity contribution in [3.05, 3.63) is 0 Å². The van der Waals surface area contributed by atoms with Crippen molar-refractivity contribution in [1.29, 1.82) is 0 Å². The van der Waals surface area contributed by atoms with E-state index in [0.717, 1.165) is 0 Å². The van der Waals surface area contributed by atoms with Crippen molar-refractivity contribution in [3.8, 4) is 0 Å². The Morgan fingerprint density at radius 1 is 1.23 bits per heavy atom. The number of rotatable bonds is 7. The third-order valence-corrected chi connectivity index (χ3v) is 3.49. The SMILES string of the molecule is CC(C)[C@@H](CN(O)C=O)C(=O)N[C@H](C(=O)N(C)C)C(C)(C)C. The molecule has 0 bridgehead atoms. The molecule has 0 heterocycles. The summed E-state index contributed by atoms with van der Waals surface area (Å²) in [6, 6.07) is -0.681. The monoisotopic (exact) mass is 315 g/mol. The molecule has 2 atom stereocenters. The summed E-state index contributed by atoms with van der Waals surface area (Å²) in [5.74, 6) is -1.25. The summed E-state index contributed by atoms with van der Waals surface area (Å²) in [7, 11) is 3.27. The molecule has 0 aliphatic carbocycles. The minimum atomic E-state index is -0.681. The van der Waals surface area contributed by atoms with E-state index in [9.17, 15) is 19.6 Å². The number of carbonyl (C=O) groups is 3. The summed E-state index contributed by atoms with van der Waals surface area (Å²) in [5.41, 5.74) is -0.456. The van der Waals surface area contributed by atoms with Gasteiger partial charge in [0.15, 0.2) is 0 Å². The van der Waals surface area contributed by atoms with Crippen LogP contribution in [0.1, 0.15) is 34.6 Å². The Hall–Kier alpha value is -1.63. The number of carbonyl (C=O) groups excluding carboxylic acids is 3. The van der Waals surface area contributed by atoms with E-state index in [-0.39, 0.29) is 30.7 Å². The summed E-state index contributed by atoms with van der Waals surface area (Å²) in [4.78, 5) is 36.8. The van der Waals surface area contributed by atoms with E-state index in [2.05, 4.69) is 5.32 Å². The maximum absolute atomic E-state index is 12.5. The summed E-state index contributed by atoms with van der Waals surface area (Å²) in [6.07, 6.45) is 0.259. The van der Waals surface area contributed by atoms with Crippen LogP contribution in [0.5, 0.6) is 0 Å². The molecule has 0 aliphatic rings. The minimum Gasteiger partial charge on any atom is -0.347 e. The molecule has 2 N–H and O–H groups in total. The van der Waals surface area contributed by atoms with Crippen LogP contribution in [0, 0.1) is 17.3 Å². The van der Waals surface area contributed by atoms with E-state index in [1.165, 1.54) is 4.90 Å². The maximum Gasteiger partial charge on any atom is 0.245 e. The van der Waals surface area contributed by atoms with Gasteiger partial charge in [-0.15, -0.1) is 0 Å². The lowest BCUT2D eigenvalue weighted by molar-refractivity contribution is -0.156. The van der Waals surface area contributed by atoms with Crippen LogP contribution in [0.4, 0.5) is 0 Å². The average Bonchev–Trinajstić information content (AvgIpc) is 2.38. The van der Waals surface area contributed by atoms with Gasteiger partial charge in [0.1, 0.15) is 6.04 Å². The zero-order valence-corrected chi connectivity index (χ0v) is 14.6. The van der Waals surface area contributed by atoms with Gasteiger partial charge in [-0.1, -0.05) is 34.6 Å². The van der Waals surface area contributed by atoms with E-state index in [4.69, 9.17) is 0 Å². The molecule has 0 saturated heterocycles. The van der Waals surface area contributed by atoms with Crippen LogP contribution in [-0.4, -0.2) is 60.1 Å². The molecule has 128 valence electrons. The van der Waals surface area contributed by atoms with Crippen LogP contribution in [0.2, 0.25) is 0 Å². The predicted molar refractivity (Wildman–Crippen MR) is 83.0 cm³/mol. The molecule has 0 aromatic rings. The summed E-state index contributed by atoms with van der Waals surface area (Å²) >= 11 is 0. The fourth-order valence-electron chi connectivity index (χ4n) is 2.00. The summed E-state index contributed by atoms with van der Waals surface area (Å²) < 4.78 is 0. The number of hydrogen-bond acceptors (Lipinski definition) is 4. The lowest BCUT2D eigenvalue weighted by atomic mass is 9.84. The van der Waals surface area contributed by atoms with Crippen molar-refractivity contribution in [2.75, 3.05) is 20.6 Å². The fourth-order valence-corrected chi connectivity index (χ4v) is 2.00. The van der Waals surface area contributed by atoms with Gasteiger partial charge in [0.05, 0.1) is 12.5 Å². The first-order valence-electron chi connectivity index (χ1n) is 7.34. The Morgan fingerprint density at radius 2 is 1.73 bits per heavy atom. The van der Waals surface area contributed by atoms with Crippen LogP contribution in [-0.2, 0) is 14.4 Å². The first-order chi connectivity index (χ1) is 9.91. The van der Waals surface area contributed by atoms with Crippen molar-refractivity contribution >= 4 is 18.2 Å². The standard InChI is InChI=1S/C15H29N3O4/c1-10(2)11(8-18(22)9-19)13(20)16-12(15(3,4)5)14(21)17(6)7/h9-12,22H,8H2,1-7H3,(H,16,20)/t11-,12-/m1/s1. The molecular formula is C15H29N3O4. The van der Waals surface area contributed by atoms with Crippen molar-refractivity contribution < 1.29 is 19.6 Å². The zero-order chi connectivity index (χ0) is 17.7. The minimum absolute atomic E-state index is 0.0929. The first kappa shape index (κ1) is 20.4. The van der Waals surface area contributed by atoms with Crippen molar-refractivity contribution in [3.63, 3.8) is 0 Å². The Morgan fingerprint density at radius 3 is 2.05 bits per heavy atom. The van der Waals surface area contributed by atoms with Gasteiger partial charge in [-0.05, 0) is 11.3 Å². The van der Waals surface area contributed by atoms with E-state index >= 15 is 0 Å². The highest BCUT2D eigenvalue weighted by Gasteiger charge is 2.36. The van der Waals surface area contributed by atoms with E-state index in [1.807, 2.05) is 34.6 Å². The van der Waals surface area contributed by atoms with Crippen molar-refractivity contribution in [1.82, 2.24) is 15.3 Å². The van der Waals surface area contributed by atoms with Crippen LogP contribution >= 0.6 is 0 Å². The Labute approximate surface area is 132 Å². The number of hydroxylamine groups is 2. The highest BCUT2D eigenvalue weighted by molar-refractivity contribution is 5.89. The van der Waals surface area contributed by atoms with Crippen molar-refractivity contribution in [2.45, 2.75) is 40.7 Å². The highest BCUT2D eigenvalue weighted by atomic mass is 16.5. The second kappa shape index (κ2) is 8.12. The van der Waals surface area contributed by atoms with Gasteiger partial charge < -0.3 is 10.2 Å². The molecule has 0 aromatic carbocycles. The average molecular weight is 315 g/mol. The van der Waals surface area contributed by atoms with Gasteiger partial charge in [0, 0.05) is 14.1 Å². The van der Waals surface area contributed by atoms with Crippen LogP contribution < -0.4 is 5.32 Å². The molecule has 3 amide bonds. The second-order valence-electron chi connectivity index (χ2n) is 7.12. The molecular weight excluding hydrogens is 286 g/mol. The Balaban J connectivity index is 5.21. The normalized spacial score (nSPS) is 14.2. The second-order valence-corrected chi connectivity index (χ2v) is 7.12. The van der Waals surface area contributed by atoms with Crippen molar-refractivity contribution in [2.24, 2.45) is 17.3 Å². The van der Waals surface area contributed by atoms with Gasteiger partial charge in [0.2, 0.25) is 18.2 Å². The summed E-state index contributed by atoms with van der Waals surface area (Å²) in [6.45, 7) is 9.14. The molecule has 0 unspecified atom stereocenters. The number of nitrogens with zero attached hydrogens (tertiary/aromatic N) is 2. The lowest BCUT2D eigenvalue weighted by Crippen LogP contribution is -2.55. The third-order valence-electron chi connectivity index (χ3n) is 3.49. The largest absolute Gasteiger partial charge is 0.347 e. The Kier molecular flexibility index (Phi) is 7.52. The molecule has 7 nitrogen and oxygen atoms in total. The maximum atomic E-state index is 12.5. The molecule has 7 heteroatoms. The molecule has 0 spiro atoms. The van der Waals surface area contributed by atoms with Gasteiger partial charge in [0.25, 0.3) is 0 Å². The smallest absolute Gasteiger partial charge is 0.245 e. The highest BCUT2D eigenvalue weighted by Crippen LogP contribution is 2.22. The van der Waals surface area contributed by atoms with E-state index in [0.29, 0.717) is 5.06 Å². The van der Waals surface area contributed by atoms with E-state index < -0.39 is 17.4 Å². The number of amides is 3. The number of likely N-dealkylation sites (N-methyl/N-ethyl adjacent to an activating group) is 1. The predicted octanol–water partition coefficient (Wildman–Crippen LogP) is 0.725. The molecule has 0 saturated carbocycles. The van der Waals surface area contributed by atoms with Gasteiger partial charge in [-0.3, -0.25) is 19.6 Å². The summed E-state index contributed by atoms with van der Waals surface area (Å²) in [5, 5.41) is 12.5. The van der Waals surface area contributed by atoms with Crippen LogP contribution in [0.15, 0.2) is 0 Å². The third kappa shape index (κ3) is 6.01. The Bertz CT molecular complexity index is 402. The topological polar surface area (TPSA) is 90.0 Å². The van der Waals surface area contributed by atoms with Crippen LogP contribution in [0.25, 0.3) is 0 Å². The molecule has 22 heavy (non-hydrogen) atoms. The first-order valence-corrected chi connectivity index (χ1v) is 7.34. The van der Waals surface area contributed by atoms with Crippen LogP contribution in [0.3, 0.4) is 0 Å². The fraction of sp³-hybridized carbons (Fsp3) is 0.800. The number of nitrogens with one attached hydrogen (secondary N) is 1. The zero-order valence-electron chi connectivity index (χ0n) is 14.6. The molecule has 0 aliphatic heterocycles. The quantitative estimate of drug-likeness (QED) is 0.412. The molecule has 0 radical (unpaired) electrons. The van der Waals surface area contributed by atoms with Gasteiger partial charge >= 0.3 is 0 Å². The number of hydrogen-bond donors (Lipinski definition) is 2. The van der Waals surface area contributed by atoms with E-state index in [1.54, 1.807) is 14.1 Å². The lowest BCUT2D eigenvalue weighted by Gasteiger charge is -2.34.